The molecule has 0 saturated carbocycles. The molecule has 9 heteroatoms. The van der Waals surface area contributed by atoms with E-state index in [9.17, 15) is 24.5 Å². The third-order valence-corrected chi connectivity index (χ3v) is 4.16. The van der Waals surface area contributed by atoms with Gasteiger partial charge in [0.1, 0.15) is 6.04 Å². The van der Waals surface area contributed by atoms with Crippen molar-refractivity contribution in [1.82, 2.24) is 5.32 Å². The second-order valence-electron chi connectivity index (χ2n) is 6.12. The molecule has 2 aromatic rings. The fraction of sp³-hybridized carbons (Fsp3) is 0.250. The molecule has 2 rings (SSSR count). The van der Waals surface area contributed by atoms with Crippen LogP contribution in [0.1, 0.15) is 21.5 Å². The molecule has 1 N–H and O–H groups in total. The lowest BCUT2D eigenvalue weighted by molar-refractivity contribution is -0.385. The highest BCUT2D eigenvalue weighted by atomic mass is 16.6. The third kappa shape index (κ3) is 5.86. The number of nitrogens with one attached hydrogen (secondary N) is 1. The topological polar surface area (TPSA) is 125 Å². The van der Waals surface area contributed by atoms with Crippen LogP contribution in [0, 0.1) is 17.0 Å². The van der Waals surface area contributed by atoms with Gasteiger partial charge in [0, 0.05) is 18.1 Å². The van der Waals surface area contributed by atoms with Crippen LogP contribution in [-0.4, -0.2) is 42.5 Å². The molecule has 0 saturated heterocycles. The van der Waals surface area contributed by atoms with Gasteiger partial charge in [0.25, 0.3) is 11.6 Å². The van der Waals surface area contributed by atoms with Crippen LogP contribution in [0.25, 0.3) is 0 Å². The monoisotopic (exact) mass is 400 g/mol. The van der Waals surface area contributed by atoms with Crippen LogP contribution in [0.2, 0.25) is 0 Å². The number of hydrogen-bond acceptors (Lipinski definition) is 7. The maximum atomic E-state index is 12.2. The first-order valence-electron chi connectivity index (χ1n) is 8.65. The Bertz CT molecular complexity index is 912. The highest BCUT2D eigenvalue weighted by Crippen LogP contribution is 2.21. The fourth-order valence-electron chi connectivity index (χ4n) is 2.67. The lowest BCUT2D eigenvalue weighted by atomic mass is 10.1. The van der Waals surface area contributed by atoms with Crippen LogP contribution in [0.15, 0.2) is 48.5 Å². The van der Waals surface area contributed by atoms with Crippen LogP contribution in [0.3, 0.4) is 0 Å². The molecule has 0 aromatic heterocycles. The summed E-state index contributed by atoms with van der Waals surface area (Å²) >= 11 is 0. The smallest absolute Gasteiger partial charge is 0.339 e. The Morgan fingerprint density at radius 1 is 1.10 bits per heavy atom. The first-order chi connectivity index (χ1) is 13.8. The second-order valence-corrected chi connectivity index (χ2v) is 6.12. The molecule has 152 valence electrons. The number of rotatable bonds is 8. The number of nitro groups is 1. The summed E-state index contributed by atoms with van der Waals surface area (Å²) in [6, 6.07) is 12.1. The van der Waals surface area contributed by atoms with E-state index >= 15 is 0 Å². The van der Waals surface area contributed by atoms with Crippen molar-refractivity contribution >= 4 is 23.5 Å². The molecule has 0 aliphatic heterocycles. The average molecular weight is 400 g/mol. The SMILES string of the molecule is COC(=O)[C@@H](Cc1ccccc1)NC(=O)COC(=O)c1cccc([N+](=O)[O-])c1C. The van der Waals surface area contributed by atoms with E-state index in [-0.39, 0.29) is 23.2 Å². The van der Waals surface area contributed by atoms with Gasteiger partial charge in [0.05, 0.1) is 17.6 Å². The number of ether oxygens (including phenoxy) is 2. The highest BCUT2D eigenvalue weighted by Gasteiger charge is 2.24. The van der Waals surface area contributed by atoms with Crippen molar-refractivity contribution in [3.05, 3.63) is 75.3 Å². The Morgan fingerprint density at radius 2 is 1.79 bits per heavy atom. The first kappa shape index (κ1) is 21.5. The summed E-state index contributed by atoms with van der Waals surface area (Å²) in [5.41, 5.74) is 0.713. The quantitative estimate of drug-likeness (QED) is 0.408. The standard InChI is InChI=1S/C20H20N2O7/c1-13-15(9-6-10-17(13)22(26)27)19(24)29-12-18(23)21-16(20(25)28-2)11-14-7-4-3-5-8-14/h3-10,16H,11-12H2,1-2H3,(H,21,23)/t16-/m1/s1. The van der Waals surface area contributed by atoms with Crippen molar-refractivity contribution in [2.24, 2.45) is 0 Å². The van der Waals surface area contributed by atoms with Crippen molar-refractivity contribution in [3.63, 3.8) is 0 Å². The first-order valence-corrected chi connectivity index (χ1v) is 8.65. The number of carbonyl (C=O) groups is 3. The summed E-state index contributed by atoms with van der Waals surface area (Å²) in [7, 11) is 1.21. The summed E-state index contributed by atoms with van der Waals surface area (Å²) < 4.78 is 9.65. The van der Waals surface area contributed by atoms with E-state index in [1.54, 1.807) is 24.3 Å². The number of esters is 2. The predicted octanol–water partition coefficient (Wildman–Crippen LogP) is 1.96. The van der Waals surface area contributed by atoms with E-state index in [4.69, 9.17) is 9.47 Å². The molecule has 0 unspecified atom stereocenters. The van der Waals surface area contributed by atoms with E-state index in [1.165, 1.54) is 32.2 Å². The molecule has 0 bridgehead atoms. The number of amides is 1. The molecule has 0 aliphatic rings. The zero-order valence-corrected chi connectivity index (χ0v) is 15.9. The van der Waals surface area contributed by atoms with Gasteiger partial charge in [0.2, 0.25) is 0 Å². The van der Waals surface area contributed by atoms with E-state index in [2.05, 4.69) is 5.32 Å². The van der Waals surface area contributed by atoms with Crippen molar-refractivity contribution in [2.75, 3.05) is 13.7 Å². The van der Waals surface area contributed by atoms with E-state index in [0.717, 1.165) is 5.56 Å². The molecule has 1 atom stereocenters. The van der Waals surface area contributed by atoms with Crippen LogP contribution in [0.5, 0.6) is 0 Å². The fourth-order valence-corrected chi connectivity index (χ4v) is 2.67. The molecule has 0 radical (unpaired) electrons. The number of methoxy groups -OCH3 is 1. The molecular formula is C20H20N2O7. The third-order valence-electron chi connectivity index (χ3n) is 4.16. The van der Waals surface area contributed by atoms with Gasteiger partial charge in [-0.1, -0.05) is 36.4 Å². The van der Waals surface area contributed by atoms with Crippen molar-refractivity contribution in [2.45, 2.75) is 19.4 Å². The van der Waals surface area contributed by atoms with Crippen molar-refractivity contribution < 1.29 is 28.8 Å². The van der Waals surface area contributed by atoms with Crippen molar-refractivity contribution in [1.29, 1.82) is 0 Å². The van der Waals surface area contributed by atoms with Gasteiger partial charge < -0.3 is 14.8 Å². The van der Waals surface area contributed by atoms with Gasteiger partial charge in [-0.2, -0.15) is 0 Å². The van der Waals surface area contributed by atoms with Gasteiger partial charge in [-0.15, -0.1) is 0 Å². The Kier molecular flexibility index (Phi) is 7.41. The van der Waals surface area contributed by atoms with Crippen LogP contribution in [0.4, 0.5) is 5.69 Å². The second kappa shape index (κ2) is 9.98. The molecule has 0 heterocycles. The Labute approximate surface area is 166 Å². The summed E-state index contributed by atoms with van der Waals surface area (Å²) in [4.78, 5) is 46.7. The van der Waals surface area contributed by atoms with Crippen LogP contribution in [-0.2, 0) is 25.5 Å². The van der Waals surface area contributed by atoms with Crippen LogP contribution >= 0.6 is 0 Å². The summed E-state index contributed by atoms with van der Waals surface area (Å²) in [5, 5.41) is 13.4. The van der Waals surface area contributed by atoms with Gasteiger partial charge in [0.15, 0.2) is 6.61 Å². The number of benzene rings is 2. The normalized spacial score (nSPS) is 11.2. The molecule has 29 heavy (non-hydrogen) atoms. The summed E-state index contributed by atoms with van der Waals surface area (Å²) in [6.45, 7) is 0.769. The van der Waals surface area contributed by atoms with E-state index < -0.39 is 35.4 Å². The lowest BCUT2D eigenvalue weighted by Gasteiger charge is -2.16. The van der Waals surface area contributed by atoms with Crippen molar-refractivity contribution in [3.8, 4) is 0 Å². The van der Waals surface area contributed by atoms with Gasteiger partial charge in [-0.05, 0) is 18.6 Å². The molecule has 9 nitrogen and oxygen atoms in total. The molecule has 0 spiro atoms. The zero-order valence-electron chi connectivity index (χ0n) is 15.9. The van der Waals surface area contributed by atoms with E-state index in [1.807, 2.05) is 6.07 Å². The maximum Gasteiger partial charge on any atom is 0.339 e. The van der Waals surface area contributed by atoms with E-state index in [0.29, 0.717) is 0 Å². The number of nitrogens with zero attached hydrogens (tertiary/aromatic N) is 1. The molecule has 0 aliphatic carbocycles. The Balaban J connectivity index is 2.00. The lowest BCUT2D eigenvalue weighted by Crippen LogP contribution is -2.44. The average Bonchev–Trinajstić information content (AvgIpc) is 2.71. The molecular weight excluding hydrogens is 380 g/mol. The summed E-state index contributed by atoms with van der Waals surface area (Å²) in [5.74, 6) is -2.21. The predicted molar refractivity (Wildman–Crippen MR) is 102 cm³/mol. The minimum atomic E-state index is -0.951. The molecule has 0 fully saturated rings. The highest BCUT2D eigenvalue weighted by molar-refractivity contribution is 5.94. The molecule has 2 aromatic carbocycles. The van der Waals surface area contributed by atoms with Gasteiger partial charge in [-0.25, -0.2) is 9.59 Å². The Morgan fingerprint density at radius 3 is 2.41 bits per heavy atom. The largest absolute Gasteiger partial charge is 0.467 e. The van der Waals surface area contributed by atoms with Crippen LogP contribution < -0.4 is 5.32 Å². The maximum absolute atomic E-state index is 12.2. The zero-order chi connectivity index (χ0) is 21.4. The van der Waals surface area contributed by atoms with Gasteiger partial charge >= 0.3 is 11.9 Å². The van der Waals surface area contributed by atoms with Gasteiger partial charge in [-0.3, -0.25) is 14.9 Å². The summed E-state index contributed by atoms with van der Waals surface area (Å²) in [6.07, 6.45) is 0.206. The minimum absolute atomic E-state index is 0.0131. The number of carbonyl (C=O) groups excluding carboxylic acids is 3. The number of hydrogen-bond donors (Lipinski definition) is 1. The number of nitro benzene ring substituents is 1. The molecule has 1 amide bonds. The minimum Gasteiger partial charge on any atom is -0.467 e. The Hall–Kier alpha value is -3.75.